The number of alkyl halides is 4. The molecule has 0 unspecified atom stereocenters. The van der Waals surface area contributed by atoms with E-state index in [1.54, 1.807) is 13.0 Å². The third kappa shape index (κ3) is 4.63. The van der Waals surface area contributed by atoms with Crippen LogP contribution in [0.25, 0.3) is 11.2 Å². The van der Waals surface area contributed by atoms with Crippen LogP contribution in [0, 0.1) is 30.1 Å². The molecule has 2 amide bonds. The molecule has 0 aromatic carbocycles. The molecule has 3 aromatic heterocycles. The second kappa shape index (κ2) is 9.46. The number of halogens is 4. The van der Waals surface area contributed by atoms with Gasteiger partial charge in [-0.3, -0.25) is 9.59 Å². The number of nitrogens with one attached hydrogen (secondary N) is 2. The van der Waals surface area contributed by atoms with Gasteiger partial charge in [-0.15, -0.1) is 0 Å². The van der Waals surface area contributed by atoms with Gasteiger partial charge in [-0.1, -0.05) is 5.16 Å². The van der Waals surface area contributed by atoms with Gasteiger partial charge in [0.1, 0.15) is 17.2 Å². The van der Waals surface area contributed by atoms with Crippen LogP contribution in [0.5, 0.6) is 0 Å². The van der Waals surface area contributed by atoms with Crippen LogP contribution in [0.4, 0.5) is 17.6 Å². The smallest absolute Gasteiger partial charge is 0.380 e. The minimum Gasteiger partial charge on any atom is -0.380 e. The fourth-order valence-electron chi connectivity index (χ4n) is 8.10. The Balaban J connectivity index is 1.14. The Morgan fingerprint density at radius 1 is 1.11 bits per heavy atom. The maximum absolute atomic E-state index is 14.3. The predicted molar refractivity (Wildman–Crippen MR) is 147 cm³/mol. The number of aryl methyl sites for hydroxylation is 1. The summed E-state index contributed by atoms with van der Waals surface area (Å²) in [5.41, 5.74) is -3.95. The number of imidazole rings is 1. The van der Waals surface area contributed by atoms with E-state index in [2.05, 4.69) is 25.6 Å². The number of hydrogen-bond donors (Lipinski definition) is 3. The number of aromatic nitrogens is 5. The van der Waals surface area contributed by atoms with Crippen molar-refractivity contribution in [2.24, 2.45) is 23.2 Å². The van der Waals surface area contributed by atoms with E-state index < -0.39 is 59.6 Å². The number of nitrogens with zero attached hydrogens (tertiary/aromatic N) is 5. The van der Waals surface area contributed by atoms with Gasteiger partial charge in [0.2, 0.25) is 5.91 Å². The van der Waals surface area contributed by atoms with Crippen molar-refractivity contribution in [3.8, 4) is 0 Å². The van der Waals surface area contributed by atoms with E-state index in [0.29, 0.717) is 28.9 Å². The fraction of sp³-hybridized carbons (Fsp3) is 0.667. The summed E-state index contributed by atoms with van der Waals surface area (Å²) in [5.74, 6) is 0.570. The Morgan fingerprint density at radius 3 is 2.38 bits per heavy atom. The predicted octanol–water partition coefficient (Wildman–Crippen LogP) is 4.41. The SMILES string of the molecule is Cc1nonc1C(=O)N[C@@H](c1nc2nc([C@H]3C[C@](O)(C(F)(F)F)CCN3C(=O)C34CC(F)(C3)C4)ccc2[nH]1)C(C1CC1)C1CC1. The van der Waals surface area contributed by atoms with E-state index >= 15 is 0 Å². The highest BCUT2D eigenvalue weighted by molar-refractivity contribution is 5.93. The van der Waals surface area contributed by atoms with Crippen LogP contribution < -0.4 is 5.32 Å². The van der Waals surface area contributed by atoms with Crippen LogP contribution in [0.3, 0.4) is 0 Å². The minimum atomic E-state index is -4.91. The molecule has 3 atom stereocenters. The molecule has 1 saturated heterocycles. The van der Waals surface area contributed by atoms with Gasteiger partial charge in [-0.05, 0) is 86.9 Å². The standard InChI is InChI=1S/C30H33F4N7O4/c1-14-21(40-45-39-14)25(42)37-22(20(15-2-3-15)16-4-5-16)24-36-18-7-6-17(35-23(18)38-24)19-10-29(44,30(32,33)34)8-9-41(19)26(43)27-11-28(31,12-27)13-27/h6-7,15-16,19-20,22,44H,2-5,8-13H2,1H3,(H,37,42)(H,35,36,38)/t19-,22-,27?,28?,29+/m1/s1. The molecular formula is C30H33F4N7O4. The third-order valence-corrected chi connectivity index (χ3v) is 10.8. The second-order valence-corrected chi connectivity index (χ2v) is 14.1. The first-order valence-electron chi connectivity index (χ1n) is 15.5. The van der Waals surface area contributed by atoms with E-state index in [-0.39, 0.29) is 48.8 Å². The quantitative estimate of drug-likeness (QED) is 0.310. The Morgan fingerprint density at radius 2 is 1.80 bits per heavy atom. The van der Waals surface area contributed by atoms with Gasteiger partial charge < -0.3 is 20.3 Å². The molecule has 2 bridgehead atoms. The molecule has 11 nitrogen and oxygen atoms in total. The lowest BCUT2D eigenvalue weighted by Crippen LogP contribution is -2.71. The fourth-order valence-corrected chi connectivity index (χ4v) is 8.10. The Kier molecular flexibility index (Phi) is 6.06. The van der Waals surface area contributed by atoms with E-state index in [4.69, 9.17) is 9.61 Å². The highest BCUT2D eigenvalue weighted by Gasteiger charge is 2.74. The third-order valence-electron chi connectivity index (χ3n) is 10.8. The van der Waals surface area contributed by atoms with Crippen molar-refractivity contribution in [1.29, 1.82) is 0 Å². The summed E-state index contributed by atoms with van der Waals surface area (Å²) < 4.78 is 61.1. The highest BCUT2D eigenvalue weighted by atomic mass is 19.4. The van der Waals surface area contributed by atoms with Crippen molar-refractivity contribution >= 4 is 23.0 Å². The lowest BCUT2D eigenvalue weighted by molar-refractivity contribution is -0.280. The first-order valence-corrected chi connectivity index (χ1v) is 15.5. The van der Waals surface area contributed by atoms with Gasteiger partial charge in [0.05, 0.1) is 28.7 Å². The summed E-state index contributed by atoms with van der Waals surface area (Å²) in [6.07, 6.45) is -1.99. The summed E-state index contributed by atoms with van der Waals surface area (Å²) >= 11 is 0. The van der Waals surface area contributed by atoms with Crippen LogP contribution in [-0.2, 0) is 4.79 Å². The van der Waals surface area contributed by atoms with Crippen molar-refractivity contribution in [3.05, 3.63) is 35.0 Å². The summed E-state index contributed by atoms with van der Waals surface area (Å²) in [6, 6.07) is 1.49. The highest BCUT2D eigenvalue weighted by Crippen LogP contribution is 2.70. The molecule has 6 fully saturated rings. The first kappa shape index (κ1) is 28.8. The average Bonchev–Trinajstić information content (AvgIpc) is 3.89. The van der Waals surface area contributed by atoms with Gasteiger partial charge >= 0.3 is 6.18 Å². The number of carbonyl (C=O) groups excluding carboxylic acids is 2. The zero-order valence-corrected chi connectivity index (χ0v) is 24.5. The molecule has 5 saturated carbocycles. The maximum atomic E-state index is 14.3. The number of hydrogen-bond acceptors (Lipinski definition) is 8. The minimum absolute atomic E-state index is 0.0704. The zero-order valence-electron chi connectivity index (χ0n) is 24.5. The van der Waals surface area contributed by atoms with Gasteiger partial charge in [-0.2, -0.15) is 13.2 Å². The molecule has 0 spiro atoms. The number of likely N-dealkylation sites (tertiary alicyclic amines) is 1. The zero-order chi connectivity index (χ0) is 31.5. The number of H-pyrrole nitrogens is 1. The molecule has 15 heteroatoms. The van der Waals surface area contributed by atoms with Crippen LogP contribution in [0.15, 0.2) is 16.8 Å². The number of pyridine rings is 1. The monoisotopic (exact) mass is 631 g/mol. The van der Waals surface area contributed by atoms with Gasteiger partial charge in [-0.25, -0.2) is 19.0 Å². The second-order valence-electron chi connectivity index (χ2n) is 14.1. The van der Waals surface area contributed by atoms with Crippen LogP contribution in [-0.4, -0.2) is 71.1 Å². The number of amides is 2. The molecule has 3 N–H and O–H groups in total. The van der Waals surface area contributed by atoms with E-state index in [1.807, 2.05) is 0 Å². The number of carbonyl (C=O) groups is 2. The van der Waals surface area contributed by atoms with Crippen LogP contribution in [0.2, 0.25) is 0 Å². The number of rotatable bonds is 8. The molecule has 45 heavy (non-hydrogen) atoms. The lowest BCUT2D eigenvalue weighted by Gasteiger charge is -2.65. The first-order chi connectivity index (χ1) is 21.3. The summed E-state index contributed by atoms with van der Waals surface area (Å²) in [6.45, 7) is 1.29. The van der Waals surface area contributed by atoms with Crippen molar-refractivity contribution in [2.45, 2.75) is 94.2 Å². The molecular weight excluding hydrogens is 598 g/mol. The van der Waals surface area contributed by atoms with Gasteiger partial charge in [0.25, 0.3) is 5.91 Å². The summed E-state index contributed by atoms with van der Waals surface area (Å²) in [4.78, 5) is 40.8. The van der Waals surface area contributed by atoms with Gasteiger partial charge in [0, 0.05) is 19.4 Å². The number of fused-ring (bicyclic) bond motifs is 1. The molecule has 6 aliphatic rings. The largest absolute Gasteiger partial charge is 0.417 e. The molecule has 4 heterocycles. The van der Waals surface area contributed by atoms with E-state index in [0.717, 1.165) is 25.7 Å². The molecule has 3 aromatic rings. The van der Waals surface area contributed by atoms with E-state index in [9.17, 15) is 32.3 Å². The lowest BCUT2D eigenvalue weighted by atomic mass is 9.41. The van der Waals surface area contributed by atoms with Crippen molar-refractivity contribution in [2.75, 3.05) is 6.54 Å². The molecule has 0 radical (unpaired) electrons. The molecule has 240 valence electrons. The van der Waals surface area contributed by atoms with Gasteiger partial charge in [0.15, 0.2) is 16.9 Å². The summed E-state index contributed by atoms with van der Waals surface area (Å²) in [7, 11) is 0. The normalized spacial score (nSPS) is 31.9. The Hall–Kier alpha value is -3.62. The summed E-state index contributed by atoms with van der Waals surface area (Å²) in [5, 5.41) is 21.2. The Labute approximate surface area is 254 Å². The number of piperidine rings is 1. The van der Waals surface area contributed by atoms with Crippen molar-refractivity contribution in [1.82, 2.24) is 35.5 Å². The van der Waals surface area contributed by atoms with Crippen molar-refractivity contribution < 1.29 is 36.9 Å². The molecule has 1 aliphatic heterocycles. The Bertz CT molecular complexity index is 1670. The van der Waals surface area contributed by atoms with Crippen LogP contribution >= 0.6 is 0 Å². The van der Waals surface area contributed by atoms with Crippen molar-refractivity contribution in [3.63, 3.8) is 0 Å². The maximum Gasteiger partial charge on any atom is 0.417 e. The van der Waals surface area contributed by atoms with E-state index in [1.165, 1.54) is 11.0 Å². The average molecular weight is 632 g/mol. The molecule has 5 aliphatic carbocycles. The molecule has 9 rings (SSSR count). The number of aliphatic hydroxyl groups is 1. The number of aromatic amines is 1. The van der Waals surface area contributed by atoms with Crippen LogP contribution in [0.1, 0.15) is 97.6 Å². The topological polar surface area (TPSA) is 150 Å².